The summed E-state index contributed by atoms with van der Waals surface area (Å²) >= 11 is 0. The van der Waals surface area contributed by atoms with Crippen LogP contribution < -0.4 is 10.1 Å². The van der Waals surface area contributed by atoms with Gasteiger partial charge in [-0.1, -0.05) is 0 Å². The van der Waals surface area contributed by atoms with E-state index in [-0.39, 0.29) is 47.8 Å². The number of hydrogen-bond acceptors (Lipinski definition) is 7. The molecule has 0 spiro atoms. The lowest BCUT2D eigenvalue weighted by atomic mass is 9.97. The second-order valence-electron chi connectivity index (χ2n) is 6.57. The van der Waals surface area contributed by atoms with Crippen molar-refractivity contribution < 1.29 is 27.3 Å². The first kappa shape index (κ1) is 20.8. The van der Waals surface area contributed by atoms with Crippen LogP contribution in [0.1, 0.15) is 18.6 Å². The number of hydrogen-bond donors (Lipinski definition) is 1. The molecule has 0 saturated carbocycles. The van der Waals surface area contributed by atoms with E-state index in [0.717, 1.165) is 12.1 Å². The third-order valence-corrected chi connectivity index (χ3v) is 6.76. The predicted octanol–water partition coefficient (Wildman–Crippen LogP) is 1.91. The van der Waals surface area contributed by atoms with Gasteiger partial charge in [-0.3, -0.25) is 14.9 Å². The first-order valence-electron chi connectivity index (χ1n) is 8.95. The van der Waals surface area contributed by atoms with Crippen molar-refractivity contribution in [2.45, 2.75) is 24.3 Å². The highest BCUT2D eigenvalue weighted by Gasteiger charge is 2.34. The van der Waals surface area contributed by atoms with Gasteiger partial charge in [0.15, 0.2) is 0 Å². The summed E-state index contributed by atoms with van der Waals surface area (Å²) in [5, 5.41) is 13.7. The van der Waals surface area contributed by atoms with Gasteiger partial charge in [-0.25, -0.2) is 8.42 Å². The molecule has 156 valence electrons. The number of nitrogens with one attached hydrogen (secondary N) is 1. The van der Waals surface area contributed by atoms with Crippen molar-refractivity contribution in [1.29, 1.82) is 0 Å². The van der Waals surface area contributed by atoms with E-state index >= 15 is 0 Å². The van der Waals surface area contributed by atoms with E-state index in [1.54, 1.807) is 12.1 Å². The van der Waals surface area contributed by atoms with Gasteiger partial charge in [0, 0.05) is 25.1 Å². The average Bonchev–Trinajstić information content (AvgIpc) is 3.25. The van der Waals surface area contributed by atoms with Crippen LogP contribution in [-0.4, -0.2) is 43.8 Å². The maximum Gasteiger partial charge on any atom is 0.273 e. The highest BCUT2D eigenvalue weighted by atomic mass is 32.2. The summed E-state index contributed by atoms with van der Waals surface area (Å²) in [6, 6.07) is 6.88. The average molecular weight is 423 g/mol. The number of ether oxygens (including phenoxy) is 1. The van der Waals surface area contributed by atoms with E-state index in [2.05, 4.69) is 5.32 Å². The van der Waals surface area contributed by atoms with Gasteiger partial charge >= 0.3 is 0 Å². The van der Waals surface area contributed by atoms with Gasteiger partial charge in [-0.15, -0.1) is 0 Å². The van der Waals surface area contributed by atoms with E-state index in [1.165, 1.54) is 23.7 Å². The zero-order valence-electron chi connectivity index (χ0n) is 15.7. The summed E-state index contributed by atoms with van der Waals surface area (Å²) in [5.41, 5.74) is -0.257. The number of nitro benzene ring substituents is 1. The Morgan fingerprint density at radius 3 is 2.66 bits per heavy atom. The SMILES string of the molecule is COc1cc([N+](=O)[O-])ccc1S(=O)(=O)N1CCC(C(=O)NCc2ccco2)CC1. The number of carbonyl (C=O) groups excluding carboxylic acids is 1. The van der Waals surface area contributed by atoms with Gasteiger partial charge in [0.1, 0.15) is 16.4 Å². The summed E-state index contributed by atoms with van der Waals surface area (Å²) in [5.74, 6) is 0.114. The molecule has 10 nitrogen and oxygen atoms in total. The molecular weight excluding hydrogens is 402 g/mol. The number of furan rings is 1. The lowest BCUT2D eigenvalue weighted by molar-refractivity contribution is -0.385. The van der Waals surface area contributed by atoms with E-state index in [9.17, 15) is 23.3 Å². The molecule has 1 aliphatic rings. The minimum atomic E-state index is -3.91. The number of sulfonamides is 1. The maximum atomic E-state index is 13.0. The van der Waals surface area contributed by atoms with E-state index < -0.39 is 14.9 Å². The fraction of sp³-hybridized carbons (Fsp3) is 0.389. The molecule has 2 aromatic rings. The molecule has 1 fully saturated rings. The number of nitro groups is 1. The van der Waals surface area contributed by atoms with Crippen LogP contribution >= 0.6 is 0 Å². The lowest BCUT2D eigenvalue weighted by Crippen LogP contribution is -2.42. The number of rotatable bonds is 7. The Labute approximate surface area is 167 Å². The molecule has 1 saturated heterocycles. The third-order valence-electron chi connectivity index (χ3n) is 4.82. The van der Waals surface area contributed by atoms with Gasteiger partial charge in [-0.05, 0) is 31.0 Å². The number of non-ortho nitro benzene ring substituents is 1. The number of methoxy groups -OCH3 is 1. The number of carbonyl (C=O) groups is 1. The summed E-state index contributed by atoms with van der Waals surface area (Å²) in [4.78, 5) is 22.5. The van der Waals surface area contributed by atoms with Crippen LogP contribution in [0.3, 0.4) is 0 Å². The van der Waals surface area contributed by atoms with Crippen LogP contribution in [0.5, 0.6) is 5.75 Å². The molecule has 3 rings (SSSR count). The Morgan fingerprint density at radius 1 is 1.34 bits per heavy atom. The molecule has 1 aromatic heterocycles. The molecule has 0 aliphatic carbocycles. The molecule has 0 unspecified atom stereocenters. The molecule has 2 heterocycles. The van der Waals surface area contributed by atoms with E-state index in [1.807, 2.05) is 0 Å². The normalized spacial score (nSPS) is 15.8. The number of amides is 1. The largest absolute Gasteiger partial charge is 0.495 e. The Bertz CT molecular complexity index is 981. The summed E-state index contributed by atoms with van der Waals surface area (Å²) in [7, 11) is -2.65. The van der Waals surface area contributed by atoms with Crippen molar-refractivity contribution in [2.75, 3.05) is 20.2 Å². The predicted molar refractivity (Wildman–Crippen MR) is 102 cm³/mol. The van der Waals surface area contributed by atoms with E-state index in [4.69, 9.17) is 9.15 Å². The lowest BCUT2D eigenvalue weighted by Gasteiger charge is -2.30. The standard InChI is InChI=1S/C18H21N3O7S/c1-27-16-11-14(21(23)24)4-5-17(16)29(25,26)20-8-6-13(7-9-20)18(22)19-12-15-3-2-10-28-15/h2-5,10-11,13H,6-9,12H2,1H3,(H,19,22). The second kappa shape index (κ2) is 8.62. The minimum Gasteiger partial charge on any atom is -0.495 e. The maximum absolute atomic E-state index is 13.0. The van der Waals surface area contributed by atoms with Crippen LogP contribution in [0.15, 0.2) is 45.9 Å². The fourth-order valence-corrected chi connectivity index (χ4v) is 4.82. The van der Waals surface area contributed by atoms with Crippen LogP contribution in [0.25, 0.3) is 0 Å². The molecule has 1 N–H and O–H groups in total. The number of nitrogens with zero attached hydrogens (tertiary/aromatic N) is 2. The molecule has 0 bridgehead atoms. The smallest absolute Gasteiger partial charge is 0.273 e. The van der Waals surface area contributed by atoms with Gasteiger partial charge < -0.3 is 14.5 Å². The zero-order chi connectivity index (χ0) is 21.0. The minimum absolute atomic E-state index is 0.0856. The van der Waals surface area contributed by atoms with Crippen molar-refractivity contribution >= 4 is 21.6 Å². The van der Waals surface area contributed by atoms with Gasteiger partial charge in [-0.2, -0.15) is 4.31 Å². The van der Waals surface area contributed by atoms with Crippen LogP contribution in [0.4, 0.5) is 5.69 Å². The summed E-state index contributed by atoms with van der Waals surface area (Å²) in [6.45, 7) is 0.618. The quantitative estimate of drug-likeness (QED) is 0.531. The van der Waals surface area contributed by atoms with Crippen LogP contribution in [0, 0.1) is 16.0 Å². The topological polar surface area (TPSA) is 132 Å². The molecular formula is C18H21N3O7S. The Kier molecular flexibility index (Phi) is 6.18. The molecule has 0 radical (unpaired) electrons. The van der Waals surface area contributed by atoms with Crippen molar-refractivity contribution in [3.05, 3.63) is 52.5 Å². The van der Waals surface area contributed by atoms with Crippen molar-refractivity contribution in [3.63, 3.8) is 0 Å². The second-order valence-corrected chi connectivity index (χ2v) is 8.47. The summed E-state index contributed by atoms with van der Waals surface area (Å²) in [6.07, 6.45) is 2.27. The molecule has 1 aliphatic heterocycles. The molecule has 29 heavy (non-hydrogen) atoms. The van der Waals surface area contributed by atoms with Gasteiger partial charge in [0.2, 0.25) is 15.9 Å². The Balaban J connectivity index is 1.65. The third kappa shape index (κ3) is 4.57. The first-order valence-corrected chi connectivity index (χ1v) is 10.4. The van der Waals surface area contributed by atoms with Crippen LogP contribution in [0.2, 0.25) is 0 Å². The fourth-order valence-electron chi connectivity index (χ4n) is 3.21. The zero-order valence-corrected chi connectivity index (χ0v) is 16.6. The number of benzene rings is 1. The monoisotopic (exact) mass is 423 g/mol. The molecule has 1 amide bonds. The van der Waals surface area contributed by atoms with Gasteiger partial charge in [0.05, 0.1) is 30.9 Å². The highest BCUT2D eigenvalue weighted by Crippen LogP contribution is 2.32. The first-order chi connectivity index (χ1) is 13.8. The van der Waals surface area contributed by atoms with Crippen LogP contribution in [-0.2, 0) is 21.4 Å². The van der Waals surface area contributed by atoms with Gasteiger partial charge in [0.25, 0.3) is 5.69 Å². The van der Waals surface area contributed by atoms with Crippen molar-refractivity contribution in [2.24, 2.45) is 5.92 Å². The molecule has 0 atom stereocenters. The molecule has 11 heteroatoms. The summed E-state index contributed by atoms with van der Waals surface area (Å²) < 4.78 is 37.4. The highest BCUT2D eigenvalue weighted by molar-refractivity contribution is 7.89. The molecule has 1 aromatic carbocycles. The Morgan fingerprint density at radius 2 is 2.07 bits per heavy atom. The Hall–Kier alpha value is -2.92. The number of piperidine rings is 1. The van der Waals surface area contributed by atoms with E-state index in [0.29, 0.717) is 18.6 Å². The van der Waals surface area contributed by atoms with Crippen molar-refractivity contribution in [3.8, 4) is 5.75 Å². The van der Waals surface area contributed by atoms with Crippen molar-refractivity contribution in [1.82, 2.24) is 9.62 Å².